The van der Waals surface area contributed by atoms with Crippen LogP contribution in [0.3, 0.4) is 0 Å². The van der Waals surface area contributed by atoms with Crippen LogP contribution in [0, 0.1) is 6.92 Å². The molecular weight excluding hydrogens is 376 g/mol. The Balaban J connectivity index is 1.43. The van der Waals surface area contributed by atoms with Gasteiger partial charge < -0.3 is 20.3 Å². The largest absolute Gasteiger partial charge is 0.496 e. The van der Waals surface area contributed by atoms with Gasteiger partial charge in [-0.2, -0.15) is 0 Å². The number of nitrogens with zero attached hydrogens (tertiary/aromatic N) is 2. The minimum absolute atomic E-state index is 0.264. The molecule has 160 valence electrons. The van der Waals surface area contributed by atoms with Crippen LogP contribution in [0.4, 0.5) is 0 Å². The number of hydrogen-bond donors (Lipinski definition) is 2. The summed E-state index contributed by atoms with van der Waals surface area (Å²) in [6.07, 6.45) is 2.55. The number of amides is 1. The number of ether oxygens (including phenoxy) is 1. The SMILES string of the molecule is CN=C(NCCc1ccc(C)c(OC)c1)NCc1ccc(CN2CCCC2=O)cc1. The van der Waals surface area contributed by atoms with E-state index >= 15 is 0 Å². The highest BCUT2D eigenvalue weighted by molar-refractivity contribution is 5.79. The fourth-order valence-corrected chi connectivity index (χ4v) is 3.61. The number of aliphatic imine (C=N–C) groups is 1. The van der Waals surface area contributed by atoms with Crippen LogP contribution in [-0.2, 0) is 24.3 Å². The maximum absolute atomic E-state index is 11.8. The number of likely N-dealkylation sites (tertiary alicyclic amines) is 1. The van der Waals surface area contributed by atoms with Crippen molar-refractivity contribution in [3.05, 3.63) is 64.7 Å². The monoisotopic (exact) mass is 408 g/mol. The Bertz CT molecular complexity index is 877. The standard InChI is InChI=1S/C24H32N4O2/c1-18-6-7-19(15-22(18)30-3)12-13-26-24(25-2)27-16-20-8-10-21(11-9-20)17-28-14-4-5-23(28)29/h6-11,15H,4-5,12-14,16-17H2,1-3H3,(H2,25,26,27). The zero-order chi connectivity index (χ0) is 21.3. The van der Waals surface area contributed by atoms with Gasteiger partial charge in [0, 0.05) is 39.6 Å². The molecule has 1 amide bonds. The molecule has 2 aromatic rings. The van der Waals surface area contributed by atoms with Crippen molar-refractivity contribution >= 4 is 11.9 Å². The number of benzene rings is 2. The molecule has 30 heavy (non-hydrogen) atoms. The van der Waals surface area contributed by atoms with Gasteiger partial charge in [0.1, 0.15) is 5.75 Å². The fraction of sp³-hybridized carbons (Fsp3) is 0.417. The smallest absolute Gasteiger partial charge is 0.222 e. The third kappa shape index (κ3) is 5.99. The van der Waals surface area contributed by atoms with Crippen LogP contribution >= 0.6 is 0 Å². The minimum Gasteiger partial charge on any atom is -0.496 e. The Labute approximate surface area is 179 Å². The number of hydrogen-bond acceptors (Lipinski definition) is 3. The quantitative estimate of drug-likeness (QED) is 0.521. The van der Waals surface area contributed by atoms with E-state index in [9.17, 15) is 4.79 Å². The van der Waals surface area contributed by atoms with E-state index in [4.69, 9.17) is 4.74 Å². The molecular formula is C24H32N4O2. The summed E-state index contributed by atoms with van der Waals surface area (Å²) in [7, 11) is 3.48. The van der Waals surface area contributed by atoms with E-state index in [0.717, 1.165) is 43.2 Å². The maximum Gasteiger partial charge on any atom is 0.222 e. The summed E-state index contributed by atoms with van der Waals surface area (Å²) >= 11 is 0. The molecule has 0 aliphatic carbocycles. The van der Waals surface area contributed by atoms with Crippen LogP contribution in [0.1, 0.15) is 35.1 Å². The molecule has 1 aliphatic heterocycles. The van der Waals surface area contributed by atoms with E-state index in [0.29, 0.717) is 19.5 Å². The lowest BCUT2D eigenvalue weighted by molar-refractivity contribution is -0.128. The second-order valence-corrected chi connectivity index (χ2v) is 7.64. The first-order valence-electron chi connectivity index (χ1n) is 10.5. The van der Waals surface area contributed by atoms with Gasteiger partial charge in [0.2, 0.25) is 5.91 Å². The van der Waals surface area contributed by atoms with Crippen molar-refractivity contribution in [2.45, 2.75) is 39.3 Å². The van der Waals surface area contributed by atoms with E-state index in [1.54, 1.807) is 14.2 Å². The summed E-state index contributed by atoms with van der Waals surface area (Å²) in [6.45, 7) is 5.11. The van der Waals surface area contributed by atoms with Gasteiger partial charge in [-0.05, 0) is 48.1 Å². The lowest BCUT2D eigenvalue weighted by atomic mass is 10.1. The maximum atomic E-state index is 11.8. The van der Waals surface area contributed by atoms with Gasteiger partial charge in [-0.3, -0.25) is 9.79 Å². The average Bonchev–Trinajstić information content (AvgIpc) is 3.17. The van der Waals surface area contributed by atoms with E-state index in [-0.39, 0.29) is 5.91 Å². The van der Waals surface area contributed by atoms with E-state index < -0.39 is 0 Å². The molecule has 6 heteroatoms. The molecule has 0 bridgehead atoms. The van der Waals surface area contributed by atoms with E-state index in [2.05, 4.69) is 58.1 Å². The Morgan fingerprint density at radius 1 is 1.10 bits per heavy atom. The highest BCUT2D eigenvalue weighted by Crippen LogP contribution is 2.19. The number of methoxy groups -OCH3 is 1. The summed E-state index contributed by atoms with van der Waals surface area (Å²) in [5.41, 5.74) is 4.72. The molecule has 1 fully saturated rings. The van der Waals surface area contributed by atoms with Gasteiger partial charge in [-0.1, -0.05) is 36.4 Å². The molecule has 0 unspecified atom stereocenters. The summed E-state index contributed by atoms with van der Waals surface area (Å²) in [5, 5.41) is 6.71. The number of nitrogens with one attached hydrogen (secondary N) is 2. The second kappa shape index (κ2) is 10.7. The van der Waals surface area contributed by atoms with Crippen LogP contribution in [0.15, 0.2) is 47.5 Å². The van der Waals surface area contributed by atoms with Gasteiger partial charge >= 0.3 is 0 Å². The topological polar surface area (TPSA) is 66.0 Å². The van der Waals surface area contributed by atoms with Crippen LogP contribution in [0.5, 0.6) is 5.75 Å². The molecule has 0 atom stereocenters. The first kappa shape index (κ1) is 21.7. The Morgan fingerprint density at radius 2 is 1.83 bits per heavy atom. The normalized spacial score (nSPS) is 14.2. The molecule has 1 saturated heterocycles. The molecule has 0 saturated carbocycles. The van der Waals surface area contributed by atoms with Gasteiger partial charge in [0.15, 0.2) is 5.96 Å². The van der Waals surface area contributed by atoms with E-state index in [1.807, 2.05) is 11.8 Å². The minimum atomic E-state index is 0.264. The number of rotatable bonds is 8. The lowest BCUT2D eigenvalue weighted by Gasteiger charge is -2.16. The van der Waals surface area contributed by atoms with Crippen molar-refractivity contribution in [2.75, 3.05) is 27.2 Å². The molecule has 0 aromatic heterocycles. The number of carbonyl (C=O) groups is 1. The predicted octanol–water partition coefficient (Wildman–Crippen LogP) is 3.03. The Hall–Kier alpha value is -3.02. The van der Waals surface area contributed by atoms with Crippen molar-refractivity contribution in [1.29, 1.82) is 0 Å². The molecule has 2 N–H and O–H groups in total. The highest BCUT2D eigenvalue weighted by Gasteiger charge is 2.19. The molecule has 0 spiro atoms. The fourth-order valence-electron chi connectivity index (χ4n) is 3.61. The van der Waals surface area contributed by atoms with Crippen molar-refractivity contribution in [3.63, 3.8) is 0 Å². The zero-order valence-corrected chi connectivity index (χ0v) is 18.2. The average molecular weight is 409 g/mol. The van der Waals surface area contributed by atoms with Crippen molar-refractivity contribution in [3.8, 4) is 5.75 Å². The summed E-state index contributed by atoms with van der Waals surface area (Å²) in [6, 6.07) is 14.7. The van der Waals surface area contributed by atoms with Gasteiger partial charge in [0.25, 0.3) is 0 Å². The first-order chi connectivity index (χ1) is 14.6. The van der Waals surface area contributed by atoms with Crippen LogP contribution < -0.4 is 15.4 Å². The molecule has 1 aliphatic rings. The van der Waals surface area contributed by atoms with Crippen LogP contribution in [-0.4, -0.2) is 44.0 Å². The summed E-state index contributed by atoms with van der Waals surface area (Å²) in [4.78, 5) is 18.0. The summed E-state index contributed by atoms with van der Waals surface area (Å²) in [5.74, 6) is 1.97. The first-order valence-corrected chi connectivity index (χ1v) is 10.5. The molecule has 0 radical (unpaired) electrons. The molecule has 6 nitrogen and oxygen atoms in total. The Morgan fingerprint density at radius 3 is 2.50 bits per heavy atom. The van der Waals surface area contributed by atoms with Crippen molar-refractivity contribution in [2.24, 2.45) is 4.99 Å². The molecule has 1 heterocycles. The lowest BCUT2D eigenvalue weighted by Crippen LogP contribution is -2.37. The van der Waals surface area contributed by atoms with E-state index in [1.165, 1.54) is 16.7 Å². The predicted molar refractivity (Wildman–Crippen MR) is 121 cm³/mol. The number of aryl methyl sites for hydroxylation is 1. The molecule has 3 rings (SSSR count). The van der Waals surface area contributed by atoms with Gasteiger partial charge in [-0.15, -0.1) is 0 Å². The van der Waals surface area contributed by atoms with Crippen molar-refractivity contribution < 1.29 is 9.53 Å². The van der Waals surface area contributed by atoms with Gasteiger partial charge in [0.05, 0.1) is 7.11 Å². The zero-order valence-electron chi connectivity index (χ0n) is 18.2. The van der Waals surface area contributed by atoms with Crippen molar-refractivity contribution in [1.82, 2.24) is 15.5 Å². The second-order valence-electron chi connectivity index (χ2n) is 7.64. The highest BCUT2D eigenvalue weighted by atomic mass is 16.5. The van der Waals surface area contributed by atoms with Gasteiger partial charge in [-0.25, -0.2) is 0 Å². The third-order valence-corrected chi connectivity index (χ3v) is 5.43. The van der Waals surface area contributed by atoms with Crippen LogP contribution in [0.2, 0.25) is 0 Å². The number of guanidine groups is 1. The van der Waals surface area contributed by atoms with Crippen LogP contribution in [0.25, 0.3) is 0 Å². The third-order valence-electron chi connectivity index (χ3n) is 5.43. The summed E-state index contributed by atoms with van der Waals surface area (Å²) < 4.78 is 5.40. The molecule has 2 aromatic carbocycles. The Kier molecular flexibility index (Phi) is 7.71. The number of carbonyl (C=O) groups excluding carboxylic acids is 1.